The second-order valence-corrected chi connectivity index (χ2v) is 13.8. The Morgan fingerprint density at radius 1 is 0.644 bits per heavy atom. The molecule has 45 heavy (non-hydrogen) atoms. The van der Waals surface area contributed by atoms with Crippen LogP contribution in [0.3, 0.4) is 0 Å². The first-order chi connectivity index (χ1) is 21.7. The van der Waals surface area contributed by atoms with Gasteiger partial charge in [0.1, 0.15) is 0 Å². The molecule has 2 aromatic heterocycles. The summed E-state index contributed by atoms with van der Waals surface area (Å²) in [6, 6.07) is 23.2. The molecule has 0 saturated carbocycles. The molecule has 0 unspecified atom stereocenters. The molecule has 0 bridgehead atoms. The second-order valence-electron chi connectivity index (χ2n) is 12.0. The third-order valence-corrected chi connectivity index (χ3v) is 9.73. The Kier molecular flexibility index (Phi) is 8.94. The van der Waals surface area contributed by atoms with Gasteiger partial charge in [-0.25, -0.2) is 0 Å². The summed E-state index contributed by atoms with van der Waals surface area (Å²) in [5.74, 6) is 0. The number of hydrogen-bond acceptors (Lipinski definition) is 4. The van der Waals surface area contributed by atoms with Crippen molar-refractivity contribution in [3.63, 3.8) is 0 Å². The smallest absolute Gasteiger partial charge is 0.0846 e. The van der Waals surface area contributed by atoms with E-state index in [1.165, 1.54) is 0 Å². The van der Waals surface area contributed by atoms with Crippen LogP contribution in [0.5, 0.6) is 0 Å². The fourth-order valence-electron chi connectivity index (χ4n) is 6.92. The number of aliphatic hydroxyl groups is 2. The molecule has 4 aromatic carbocycles. The lowest BCUT2D eigenvalue weighted by Crippen LogP contribution is -2.44. The average Bonchev–Trinajstić information content (AvgIpc) is 3.69. The molecule has 10 heteroatoms. The number of nitrogens with zero attached hydrogens (tertiary/aromatic N) is 3. The summed E-state index contributed by atoms with van der Waals surface area (Å²) in [5, 5.41) is 29.6. The van der Waals surface area contributed by atoms with Gasteiger partial charge >= 0.3 is 0 Å². The second kappa shape index (κ2) is 12.9. The van der Waals surface area contributed by atoms with E-state index < -0.39 is 12.2 Å². The van der Waals surface area contributed by atoms with E-state index in [-0.39, 0.29) is 6.10 Å². The van der Waals surface area contributed by atoms with Crippen molar-refractivity contribution in [2.75, 3.05) is 26.2 Å². The average molecular weight is 685 g/mol. The highest BCUT2D eigenvalue weighted by Crippen LogP contribution is 2.34. The van der Waals surface area contributed by atoms with Gasteiger partial charge in [0.05, 0.1) is 31.4 Å². The van der Waals surface area contributed by atoms with Crippen molar-refractivity contribution in [1.82, 2.24) is 14.0 Å². The van der Waals surface area contributed by atoms with E-state index in [1.807, 2.05) is 72.8 Å². The molecule has 1 fully saturated rings. The van der Waals surface area contributed by atoms with Crippen molar-refractivity contribution in [2.45, 2.75) is 44.2 Å². The molecule has 3 atom stereocenters. The number of aliphatic hydroxyl groups excluding tert-OH is 2. The number of hydrogen-bond donors (Lipinski definition) is 2. The zero-order valence-corrected chi connectivity index (χ0v) is 27.5. The lowest BCUT2D eigenvalue weighted by Gasteiger charge is -2.30. The minimum atomic E-state index is -0.707. The third-order valence-electron chi connectivity index (χ3n) is 8.79. The van der Waals surface area contributed by atoms with Crippen molar-refractivity contribution >= 4 is 90.0 Å². The first-order valence-corrected chi connectivity index (χ1v) is 16.7. The molecule has 2 N–H and O–H groups in total. The van der Waals surface area contributed by atoms with Gasteiger partial charge in [0, 0.05) is 89.9 Å². The van der Waals surface area contributed by atoms with Crippen LogP contribution < -0.4 is 0 Å². The van der Waals surface area contributed by atoms with Crippen LogP contribution in [0.4, 0.5) is 0 Å². The summed E-state index contributed by atoms with van der Waals surface area (Å²) in [4.78, 5) is 2.13. The standard InChI is InChI=1S/C35H33Cl4N3O3/c36-21-3-7-32-28(12-21)29-13-22(37)4-8-33(29)41(32)18-25(43)16-40(20-27-2-1-11-45-27)17-26(44)19-42-34-9-5-23(38)14-30(34)31-15-24(39)6-10-35(31)42/h3-10,12-15,25-27,43-44H,1-2,11,16-20H2/t25-,26-,27-/m1/s1. The summed E-state index contributed by atoms with van der Waals surface area (Å²) in [5.41, 5.74) is 3.92. The fraction of sp³-hybridized carbons (Fsp3) is 0.314. The summed E-state index contributed by atoms with van der Waals surface area (Å²) in [6.45, 7) is 2.86. The molecule has 1 aliphatic rings. The van der Waals surface area contributed by atoms with Crippen molar-refractivity contribution in [1.29, 1.82) is 0 Å². The zero-order chi connectivity index (χ0) is 31.2. The predicted octanol–water partition coefficient (Wildman–Crippen LogP) is 8.42. The maximum absolute atomic E-state index is 11.5. The van der Waals surface area contributed by atoms with E-state index in [9.17, 15) is 10.2 Å². The Bertz CT molecular complexity index is 1760. The van der Waals surface area contributed by atoms with Gasteiger partial charge in [-0.15, -0.1) is 0 Å². The monoisotopic (exact) mass is 683 g/mol. The highest BCUT2D eigenvalue weighted by Gasteiger charge is 2.25. The predicted molar refractivity (Wildman–Crippen MR) is 186 cm³/mol. The highest BCUT2D eigenvalue weighted by atomic mass is 35.5. The highest BCUT2D eigenvalue weighted by molar-refractivity contribution is 6.34. The third kappa shape index (κ3) is 6.40. The van der Waals surface area contributed by atoms with E-state index in [0.717, 1.165) is 63.1 Å². The Balaban J connectivity index is 1.14. The molecule has 0 radical (unpaired) electrons. The first kappa shape index (κ1) is 31.1. The van der Waals surface area contributed by atoms with E-state index in [4.69, 9.17) is 51.1 Å². The van der Waals surface area contributed by atoms with Crippen molar-refractivity contribution < 1.29 is 14.9 Å². The van der Waals surface area contributed by atoms with Crippen LogP contribution in [0.15, 0.2) is 72.8 Å². The molecule has 0 spiro atoms. The van der Waals surface area contributed by atoms with Crippen molar-refractivity contribution in [3.8, 4) is 0 Å². The molecule has 7 rings (SSSR count). The van der Waals surface area contributed by atoms with Gasteiger partial charge in [0.25, 0.3) is 0 Å². The van der Waals surface area contributed by atoms with Crippen LogP contribution in [-0.2, 0) is 17.8 Å². The van der Waals surface area contributed by atoms with E-state index in [0.29, 0.717) is 52.8 Å². The summed E-state index contributed by atoms with van der Waals surface area (Å²) >= 11 is 25.4. The SMILES string of the molecule is O[C@H](CN(C[C@@H](O)Cn1c2ccc(Cl)cc2c2cc(Cl)ccc21)C[C@H]1CCCO1)Cn1c2ccc(Cl)cc2c2cc(Cl)ccc21. The Hall–Kier alpha value is -2.52. The van der Waals surface area contributed by atoms with Gasteiger partial charge in [-0.3, -0.25) is 4.90 Å². The van der Waals surface area contributed by atoms with Gasteiger partial charge < -0.3 is 24.1 Å². The van der Waals surface area contributed by atoms with Crippen LogP contribution in [0.2, 0.25) is 20.1 Å². The van der Waals surface area contributed by atoms with Crippen molar-refractivity contribution in [3.05, 3.63) is 92.9 Å². The maximum atomic E-state index is 11.5. The van der Waals surface area contributed by atoms with Crippen LogP contribution in [0.1, 0.15) is 12.8 Å². The Labute approximate surface area is 281 Å². The topological polar surface area (TPSA) is 62.8 Å². The zero-order valence-electron chi connectivity index (χ0n) is 24.5. The van der Waals surface area contributed by atoms with Crippen LogP contribution in [-0.4, -0.2) is 68.8 Å². The largest absolute Gasteiger partial charge is 0.390 e. The van der Waals surface area contributed by atoms with Gasteiger partial charge in [-0.1, -0.05) is 46.4 Å². The Morgan fingerprint density at radius 2 is 1.02 bits per heavy atom. The van der Waals surface area contributed by atoms with Crippen LogP contribution in [0, 0.1) is 0 Å². The normalized spacial score (nSPS) is 17.0. The summed E-state index contributed by atoms with van der Waals surface area (Å²) in [7, 11) is 0. The Morgan fingerprint density at radius 3 is 1.36 bits per heavy atom. The van der Waals surface area contributed by atoms with E-state index in [1.54, 1.807) is 0 Å². The van der Waals surface area contributed by atoms with E-state index in [2.05, 4.69) is 14.0 Å². The molecule has 1 aliphatic heterocycles. The fourth-order valence-corrected chi connectivity index (χ4v) is 7.61. The quantitative estimate of drug-likeness (QED) is 0.152. The molecule has 3 heterocycles. The first-order valence-electron chi connectivity index (χ1n) is 15.2. The lowest BCUT2D eigenvalue weighted by atomic mass is 10.1. The number of fused-ring (bicyclic) bond motifs is 6. The minimum absolute atomic E-state index is 0.0689. The number of aromatic nitrogens is 2. The maximum Gasteiger partial charge on any atom is 0.0846 e. The number of rotatable bonds is 10. The number of ether oxygens (including phenoxy) is 1. The molecule has 6 aromatic rings. The summed E-state index contributed by atoms with van der Waals surface area (Å²) < 4.78 is 10.2. The number of halogens is 4. The van der Waals surface area contributed by atoms with Gasteiger partial charge in [0.15, 0.2) is 0 Å². The van der Waals surface area contributed by atoms with Gasteiger partial charge in [-0.2, -0.15) is 0 Å². The minimum Gasteiger partial charge on any atom is -0.390 e. The molecule has 6 nitrogen and oxygen atoms in total. The molecule has 1 saturated heterocycles. The molecule has 0 aliphatic carbocycles. The lowest BCUT2D eigenvalue weighted by molar-refractivity contribution is 0.0206. The molecular weight excluding hydrogens is 652 g/mol. The van der Waals surface area contributed by atoms with Gasteiger partial charge in [0.2, 0.25) is 0 Å². The van der Waals surface area contributed by atoms with Crippen LogP contribution >= 0.6 is 46.4 Å². The van der Waals surface area contributed by atoms with E-state index >= 15 is 0 Å². The molecular formula is C35H33Cl4N3O3. The number of benzene rings is 4. The molecule has 234 valence electrons. The van der Waals surface area contributed by atoms with Crippen LogP contribution in [0.25, 0.3) is 43.6 Å². The summed E-state index contributed by atoms with van der Waals surface area (Å²) in [6.07, 6.45) is 0.635. The van der Waals surface area contributed by atoms with Crippen molar-refractivity contribution in [2.24, 2.45) is 0 Å². The molecule has 0 amide bonds. The van der Waals surface area contributed by atoms with Gasteiger partial charge in [-0.05, 0) is 85.6 Å².